The topological polar surface area (TPSA) is 50.1 Å². The molecule has 0 aliphatic heterocycles. The van der Waals surface area contributed by atoms with Crippen LogP contribution in [0.1, 0.15) is 32.6 Å². The van der Waals surface area contributed by atoms with E-state index < -0.39 is 0 Å². The Morgan fingerprint density at radius 1 is 1.46 bits per heavy atom. The Kier molecular flexibility index (Phi) is 6.62. The predicted octanol–water partition coefficient (Wildman–Crippen LogP) is 2.19. The van der Waals surface area contributed by atoms with Crippen LogP contribution in [0, 0.1) is 11.3 Å². The van der Waals surface area contributed by atoms with Gasteiger partial charge in [-0.2, -0.15) is 5.26 Å². The highest BCUT2D eigenvalue weighted by molar-refractivity contribution is 5.69. The van der Waals surface area contributed by atoms with Crippen molar-refractivity contribution in [2.45, 2.75) is 32.6 Å². The van der Waals surface area contributed by atoms with Crippen LogP contribution in [-0.2, 0) is 9.53 Å². The minimum absolute atomic E-state index is 0.162. The van der Waals surface area contributed by atoms with Crippen LogP contribution in [0.5, 0.6) is 0 Å². The lowest BCUT2D eigenvalue weighted by atomic mass is 10.1. The van der Waals surface area contributed by atoms with Crippen molar-refractivity contribution < 1.29 is 9.53 Å². The van der Waals surface area contributed by atoms with Gasteiger partial charge in [0.1, 0.15) is 0 Å². The van der Waals surface area contributed by atoms with Crippen LogP contribution in [0.25, 0.3) is 0 Å². The molecule has 0 amide bonds. The highest BCUT2D eigenvalue weighted by atomic mass is 16.5. The molecule has 3 nitrogen and oxygen atoms in total. The Hall–Kier alpha value is -1.30. The number of hydrogen-bond acceptors (Lipinski definition) is 3. The number of nitrogens with zero attached hydrogens (tertiary/aromatic N) is 1. The van der Waals surface area contributed by atoms with E-state index in [2.05, 4.69) is 6.58 Å². The van der Waals surface area contributed by atoms with Crippen molar-refractivity contribution in [3.8, 4) is 6.07 Å². The molecule has 0 aromatic rings. The van der Waals surface area contributed by atoms with E-state index in [1.807, 2.05) is 6.07 Å². The van der Waals surface area contributed by atoms with Crippen molar-refractivity contribution in [2.75, 3.05) is 6.61 Å². The maximum Gasteiger partial charge on any atom is 0.305 e. The third-order valence-corrected chi connectivity index (χ3v) is 1.57. The normalized spacial score (nSPS) is 8.92. The van der Waals surface area contributed by atoms with E-state index in [9.17, 15) is 4.79 Å². The summed E-state index contributed by atoms with van der Waals surface area (Å²) in [6.07, 6.45) is 2.70. The molecule has 13 heavy (non-hydrogen) atoms. The highest BCUT2D eigenvalue weighted by Crippen LogP contribution is 2.06. The molecule has 0 aliphatic rings. The van der Waals surface area contributed by atoms with Gasteiger partial charge in [-0.05, 0) is 26.2 Å². The van der Waals surface area contributed by atoms with Gasteiger partial charge in [-0.15, -0.1) is 0 Å². The zero-order chi connectivity index (χ0) is 10.1. The van der Waals surface area contributed by atoms with Gasteiger partial charge < -0.3 is 4.74 Å². The van der Waals surface area contributed by atoms with Gasteiger partial charge in [-0.25, -0.2) is 0 Å². The number of nitriles is 1. The maximum atomic E-state index is 10.8. The van der Waals surface area contributed by atoms with Crippen molar-refractivity contribution >= 4 is 5.97 Å². The number of rotatable bonds is 6. The average molecular weight is 181 g/mol. The largest absolute Gasteiger partial charge is 0.466 e. The summed E-state index contributed by atoms with van der Waals surface area (Å²) in [6, 6.07) is 1.97. The van der Waals surface area contributed by atoms with E-state index >= 15 is 0 Å². The molecule has 0 unspecified atom stereocenters. The molecule has 0 spiro atoms. The van der Waals surface area contributed by atoms with Gasteiger partial charge in [0.25, 0.3) is 0 Å². The van der Waals surface area contributed by atoms with Gasteiger partial charge in [0.15, 0.2) is 0 Å². The number of carbonyl (C=O) groups excluding carboxylic acids is 1. The van der Waals surface area contributed by atoms with E-state index in [-0.39, 0.29) is 5.97 Å². The van der Waals surface area contributed by atoms with Gasteiger partial charge in [0, 0.05) is 12.0 Å². The molecule has 0 saturated heterocycles. The summed E-state index contributed by atoms with van der Waals surface area (Å²) in [4.78, 5) is 10.8. The van der Waals surface area contributed by atoms with E-state index in [1.54, 1.807) is 6.92 Å². The van der Waals surface area contributed by atoms with Crippen molar-refractivity contribution in [1.82, 2.24) is 0 Å². The van der Waals surface area contributed by atoms with Crippen molar-refractivity contribution in [3.63, 3.8) is 0 Å². The zero-order valence-electron chi connectivity index (χ0n) is 8.01. The van der Waals surface area contributed by atoms with E-state index in [1.165, 1.54) is 0 Å². The lowest BCUT2D eigenvalue weighted by Crippen LogP contribution is -2.03. The molecule has 0 fully saturated rings. The molecular weight excluding hydrogens is 166 g/mol. The summed E-state index contributed by atoms with van der Waals surface area (Å²) < 4.78 is 4.75. The Balaban J connectivity index is 3.31. The molecule has 72 valence electrons. The van der Waals surface area contributed by atoms with Crippen LogP contribution in [0.4, 0.5) is 0 Å². The molecule has 0 heterocycles. The number of hydrogen-bond donors (Lipinski definition) is 0. The fourth-order valence-corrected chi connectivity index (χ4v) is 0.897. The van der Waals surface area contributed by atoms with E-state index in [4.69, 9.17) is 10.00 Å². The van der Waals surface area contributed by atoms with Crippen LogP contribution in [0.15, 0.2) is 12.2 Å². The van der Waals surface area contributed by atoms with Crippen LogP contribution < -0.4 is 0 Å². The maximum absolute atomic E-state index is 10.8. The Morgan fingerprint density at radius 3 is 2.62 bits per heavy atom. The summed E-state index contributed by atoms with van der Waals surface area (Å²) in [5.41, 5.74) is 0.573. The zero-order valence-corrected chi connectivity index (χ0v) is 8.01. The molecule has 3 heteroatoms. The number of carbonyl (C=O) groups is 1. The molecular formula is C10H15NO2. The molecule has 0 atom stereocenters. The number of unbranched alkanes of at least 4 members (excludes halogenated alkanes) is 1. The van der Waals surface area contributed by atoms with Gasteiger partial charge in [-0.3, -0.25) is 4.79 Å². The summed E-state index contributed by atoms with van der Waals surface area (Å²) in [5, 5.41) is 8.39. The smallest absolute Gasteiger partial charge is 0.305 e. The Bertz CT molecular complexity index is 215. The summed E-state index contributed by atoms with van der Waals surface area (Å²) >= 11 is 0. The Morgan fingerprint density at radius 2 is 2.08 bits per heavy atom. The van der Waals surface area contributed by atoms with Gasteiger partial charge in [-0.1, -0.05) is 6.58 Å². The van der Waals surface area contributed by atoms with Gasteiger partial charge in [0.2, 0.25) is 0 Å². The monoisotopic (exact) mass is 181 g/mol. The van der Waals surface area contributed by atoms with Crippen molar-refractivity contribution in [2.24, 2.45) is 0 Å². The molecule has 0 bridgehead atoms. The average Bonchev–Trinajstić information content (AvgIpc) is 2.12. The second-order valence-corrected chi connectivity index (χ2v) is 2.73. The molecule has 0 aliphatic carbocycles. The van der Waals surface area contributed by atoms with Crippen LogP contribution in [0.2, 0.25) is 0 Å². The molecule has 0 N–H and O–H groups in total. The van der Waals surface area contributed by atoms with Crippen LogP contribution >= 0.6 is 0 Å². The molecule has 0 radical (unpaired) electrons. The first-order chi connectivity index (χ1) is 6.20. The van der Waals surface area contributed by atoms with Gasteiger partial charge in [0.05, 0.1) is 12.7 Å². The van der Waals surface area contributed by atoms with Crippen molar-refractivity contribution in [1.29, 1.82) is 5.26 Å². The lowest BCUT2D eigenvalue weighted by Gasteiger charge is -2.00. The first kappa shape index (κ1) is 11.7. The molecule has 0 rings (SSSR count). The fraction of sp³-hybridized carbons (Fsp3) is 0.600. The standard InChI is InChI=1S/C10H15NO2/c1-3-13-10(12)7-5-4-6-9(2)8-11/h2-7H2,1H3. The van der Waals surface area contributed by atoms with Crippen LogP contribution in [0.3, 0.4) is 0 Å². The fourth-order valence-electron chi connectivity index (χ4n) is 0.897. The van der Waals surface area contributed by atoms with Crippen LogP contribution in [-0.4, -0.2) is 12.6 Å². The predicted molar refractivity (Wildman–Crippen MR) is 49.9 cm³/mol. The Labute approximate surface area is 79.0 Å². The third kappa shape index (κ3) is 7.07. The van der Waals surface area contributed by atoms with Gasteiger partial charge >= 0.3 is 5.97 Å². The summed E-state index contributed by atoms with van der Waals surface area (Å²) in [5.74, 6) is -0.162. The van der Waals surface area contributed by atoms with Crippen molar-refractivity contribution in [3.05, 3.63) is 12.2 Å². The SMILES string of the molecule is C=C(C#N)CCCCC(=O)OCC. The first-order valence-corrected chi connectivity index (χ1v) is 4.44. The second-order valence-electron chi connectivity index (χ2n) is 2.73. The lowest BCUT2D eigenvalue weighted by molar-refractivity contribution is -0.143. The second kappa shape index (κ2) is 7.35. The number of ether oxygens (including phenoxy) is 1. The minimum atomic E-state index is -0.162. The molecule has 0 aromatic heterocycles. The number of allylic oxidation sites excluding steroid dienone is 1. The van der Waals surface area contributed by atoms with E-state index in [0.29, 0.717) is 25.0 Å². The first-order valence-electron chi connectivity index (χ1n) is 4.44. The summed E-state index contributed by atoms with van der Waals surface area (Å²) in [7, 11) is 0. The third-order valence-electron chi connectivity index (χ3n) is 1.57. The summed E-state index contributed by atoms with van der Waals surface area (Å²) in [6.45, 7) is 5.77. The number of esters is 1. The molecule has 0 aromatic carbocycles. The molecule has 0 saturated carbocycles. The quantitative estimate of drug-likeness (QED) is 0.358. The van der Waals surface area contributed by atoms with E-state index in [0.717, 1.165) is 12.8 Å². The minimum Gasteiger partial charge on any atom is -0.466 e. The highest BCUT2D eigenvalue weighted by Gasteiger charge is 2.00.